The number of nitrogens with one attached hydrogen (secondary N) is 6. The molecule has 8 aromatic rings. The van der Waals surface area contributed by atoms with Gasteiger partial charge in [-0.15, -0.1) is 0 Å². The molecule has 0 atom stereocenters. The van der Waals surface area contributed by atoms with Crippen LogP contribution in [0.5, 0.6) is 0 Å². The van der Waals surface area contributed by atoms with Gasteiger partial charge < -0.3 is 50.1 Å². The van der Waals surface area contributed by atoms with Gasteiger partial charge in [-0.3, -0.25) is 0 Å². The molecule has 0 aliphatic heterocycles. The predicted molar refractivity (Wildman–Crippen MR) is 259 cm³/mol. The molecule has 368 valence electrons. The van der Waals surface area contributed by atoms with Gasteiger partial charge in [0.25, 0.3) is 0 Å². The Morgan fingerprint density at radius 2 is 0.539 bits per heavy atom. The maximum Gasteiger partial charge on any atom is 1.00 e. The van der Waals surface area contributed by atoms with Crippen molar-refractivity contribution in [2.45, 2.75) is 19.6 Å². The number of rotatable bonds is 18. The molecular formula is C44H32K4N12O12S4. The summed E-state index contributed by atoms with van der Waals surface area (Å²) >= 11 is 0. The van der Waals surface area contributed by atoms with E-state index in [2.05, 4.69) is 61.8 Å². The number of benzene rings is 6. The summed E-state index contributed by atoms with van der Waals surface area (Å²) in [6.45, 7) is 0. The molecule has 0 unspecified atom stereocenters. The fourth-order valence-corrected chi connectivity index (χ4v) is 8.76. The predicted octanol–water partition coefficient (Wildman–Crippen LogP) is -5.68. The molecule has 0 saturated carbocycles. The zero-order chi connectivity index (χ0) is 51.3. The zero-order valence-corrected chi connectivity index (χ0v) is 56.0. The first-order valence-electron chi connectivity index (χ1n) is 20.4. The van der Waals surface area contributed by atoms with Crippen LogP contribution in [0.25, 0.3) is 12.2 Å². The van der Waals surface area contributed by atoms with E-state index in [1.54, 1.807) is 60.7 Å². The van der Waals surface area contributed by atoms with Crippen LogP contribution in [0, 0.1) is 0 Å². The summed E-state index contributed by atoms with van der Waals surface area (Å²) in [6, 6.07) is 34.1. The molecule has 6 N–H and O–H groups in total. The van der Waals surface area contributed by atoms with Crippen LogP contribution >= 0.6 is 0 Å². The van der Waals surface area contributed by atoms with E-state index in [4.69, 9.17) is 0 Å². The molecular weight excluding hydrogens is 1170 g/mol. The molecule has 32 heteroatoms. The van der Waals surface area contributed by atoms with Gasteiger partial charge in [0.1, 0.15) is 40.5 Å². The Balaban J connectivity index is 0.00000312. The topological polar surface area (TPSA) is 378 Å². The van der Waals surface area contributed by atoms with E-state index in [1.807, 2.05) is 0 Å². The summed E-state index contributed by atoms with van der Waals surface area (Å²) < 4.78 is 145. The van der Waals surface area contributed by atoms with E-state index >= 15 is 0 Å². The molecule has 0 radical (unpaired) electrons. The van der Waals surface area contributed by atoms with E-state index in [9.17, 15) is 51.9 Å². The van der Waals surface area contributed by atoms with Crippen LogP contribution in [-0.4, -0.2) is 81.8 Å². The third-order valence-corrected chi connectivity index (χ3v) is 13.1. The van der Waals surface area contributed by atoms with E-state index in [1.165, 1.54) is 48.5 Å². The third-order valence-electron chi connectivity index (χ3n) is 9.65. The quantitative estimate of drug-likeness (QED) is 0.0265. The van der Waals surface area contributed by atoms with Crippen LogP contribution in [0.4, 0.5) is 69.8 Å². The molecule has 0 aliphatic rings. The van der Waals surface area contributed by atoms with Crippen LogP contribution in [0.15, 0.2) is 165 Å². The second-order valence-electron chi connectivity index (χ2n) is 14.8. The van der Waals surface area contributed by atoms with Crippen molar-refractivity contribution in [3.05, 3.63) is 157 Å². The molecule has 24 nitrogen and oxygen atoms in total. The average molecular weight is 1210 g/mol. The number of nitrogens with zero attached hydrogens (tertiary/aromatic N) is 6. The van der Waals surface area contributed by atoms with Crippen LogP contribution in [-0.2, 0) is 40.5 Å². The number of hydrogen-bond donors (Lipinski definition) is 6. The average Bonchev–Trinajstić information content (AvgIpc) is 3.31. The van der Waals surface area contributed by atoms with Crippen molar-refractivity contribution < 1.29 is 257 Å². The Morgan fingerprint density at radius 1 is 0.303 bits per heavy atom. The van der Waals surface area contributed by atoms with Crippen molar-refractivity contribution in [3.8, 4) is 0 Å². The Bertz CT molecular complexity index is 3580. The van der Waals surface area contributed by atoms with Crippen LogP contribution in [0.3, 0.4) is 0 Å². The Hall–Kier alpha value is -1.93. The first-order valence-corrected chi connectivity index (χ1v) is 26.0. The van der Waals surface area contributed by atoms with Crippen molar-refractivity contribution in [1.82, 2.24) is 29.9 Å². The monoisotopic (exact) mass is 1200 g/mol. The zero-order valence-electron chi connectivity index (χ0n) is 40.2. The van der Waals surface area contributed by atoms with Crippen LogP contribution < -0.4 is 237 Å². The Morgan fingerprint density at radius 3 is 0.789 bits per heavy atom. The van der Waals surface area contributed by atoms with E-state index in [-0.39, 0.29) is 275 Å². The van der Waals surface area contributed by atoms with Gasteiger partial charge in [0.15, 0.2) is 0 Å². The first kappa shape index (κ1) is 66.6. The summed E-state index contributed by atoms with van der Waals surface area (Å²) in [5.74, 6) is -0.533. The normalized spacial score (nSPS) is 11.4. The molecule has 6 aromatic carbocycles. The molecule has 0 bridgehead atoms. The van der Waals surface area contributed by atoms with Crippen molar-refractivity contribution in [2.24, 2.45) is 0 Å². The summed E-state index contributed by atoms with van der Waals surface area (Å²) in [5.41, 5.74) is 1.30. The molecule has 0 amide bonds. The van der Waals surface area contributed by atoms with Gasteiger partial charge in [0, 0.05) is 34.1 Å². The standard InChI is InChI=1S/C44H36N12O12S4.4K/c57-69(58,59)35-21-17-31(18-22-35)47-41-51-39(45-29-7-3-1-4-8-29)53-43(55-41)49-33-15-13-27(37(25-33)71(63,64)65)11-12-28-14-16-34(26-38(28)72(66,67)68)50-44-54-40(46-30-9-5-2-6-10-30)52-42(56-44)48-32-19-23-36(24-20-32)70(60,61)62;;;;/h1-26H,(H,57,58,59)(H,60,61,62)(H,63,64,65)(H,66,67,68)(H3,45,47,49,51,53,55)(H3,46,48,50,52,54,56);;;;/q;4*+1/p-4. The van der Waals surface area contributed by atoms with Crippen molar-refractivity contribution in [2.75, 3.05) is 31.9 Å². The number of anilines is 12. The van der Waals surface area contributed by atoms with Crippen molar-refractivity contribution >= 4 is 122 Å². The number of para-hydroxylation sites is 2. The number of hydrogen-bond acceptors (Lipinski definition) is 24. The third kappa shape index (κ3) is 19.4. The molecule has 0 fully saturated rings. The van der Waals surface area contributed by atoms with E-state index in [0.717, 1.165) is 48.6 Å². The van der Waals surface area contributed by atoms with Crippen molar-refractivity contribution in [3.63, 3.8) is 0 Å². The SMILES string of the molecule is O=S(=O)([O-])c1ccc(Nc2nc(Nc3ccccc3)nc(Nc3ccc(C=Cc4ccc(Nc5nc(Nc6ccccc6)nc(Nc6ccc(S(=O)(=O)[O-])cc6)n5)cc4S(=O)(=O)[O-])c(S(=O)(=O)[O-])c3)n2)cc1.[K+].[K+].[K+].[K+]. The summed E-state index contributed by atoms with van der Waals surface area (Å²) in [5, 5.41) is 17.4. The van der Waals surface area contributed by atoms with Crippen LogP contribution in [0.1, 0.15) is 11.1 Å². The Labute approximate surface area is 606 Å². The van der Waals surface area contributed by atoms with Crippen LogP contribution in [0.2, 0.25) is 0 Å². The molecule has 0 spiro atoms. The summed E-state index contributed by atoms with van der Waals surface area (Å²) in [4.78, 5) is 23.5. The molecule has 8 rings (SSSR count). The van der Waals surface area contributed by atoms with Gasteiger partial charge in [-0.05, 0) is 108 Å². The maximum absolute atomic E-state index is 12.7. The Kier molecular flexibility index (Phi) is 25.5. The maximum atomic E-state index is 12.7. The molecule has 2 heterocycles. The van der Waals surface area contributed by atoms with Gasteiger partial charge in [-0.1, -0.05) is 60.7 Å². The van der Waals surface area contributed by atoms with E-state index < -0.39 is 60.1 Å². The largest absolute Gasteiger partial charge is 1.00 e. The minimum Gasteiger partial charge on any atom is -0.744 e. The van der Waals surface area contributed by atoms with Gasteiger partial charge in [-0.25, -0.2) is 33.7 Å². The second-order valence-corrected chi connectivity index (χ2v) is 20.3. The first-order chi connectivity index (χ1) is 34.1. The second kappa shape index (κ2) is 29.2. The molecule has 0 aliphatic carbocycles. The fraction of sp³-hybridized carbons (Fsp3) is 0. The van der Waals surface area contributed by atoms with Gasteiger partial charge in [0.2, 0.25) is 35.7 Å². The molecule has 2 aromatic heterocycles. The minimum atomic E-state index is -5.24. The fourth-order valence-electron chi connectivity index (χ4n) is 6.43. The van der Waals surface area contributed by atoms with Gasteiger partial charge >= 0.3 is 206 Å². The summed E-state index contributed by atoms with van der Waals surface area (Å²) in [6.07, 6.45) is 2.23. The molecule has 0 saturated heterocycles. The smallest absolute Gasteiger partial charge is 0.744 e. The minimum absolute atomic E-state index is 0. The summed E-state index contributed by atoms with van der Waals surface area (Å²) in [7, 11) is -19.9. The number of aromatic nitrogens is 6. The van der Waals surface area contributed by atoms with Gasteiger partial charge in [-0.2, -0.15) is 29.9 Å². The molecule has 76 heavy (non-hydrogen) atoms. The van der Waals surface area contributed by atoms with Gasteiger partial charge in [0.05, 0.1) is 19.6 Å². The van der Waals surface area contributed by atoms with Crippen molar-refractivity contribution in [1.29, 1.82) is 0 Å². The van der Waals surface area contributed by atoms with E-state index in [0.29, 0.717) is 11.4 Å².